The van der Waals surface area contributed by atoms with Gasteiger partial charge >= 0.3 is 0 Å². The summed E-state index contributed by atoms with van der Waals surface area (Å²) in [5.41, 5.74) is 3.90. The van der Waals surface area contributed by atoms with Crippen LogP contribution in [0, 0.1) is 12.8 Å². The van der Waals surface area contributed by atoms with E-state index in [1.54, 1.807) is 16.1 Å². The van der Waals surface area contributed by atoms with Gasteiger partial charge in [0.05, 0.1) is 0 Å². The second kappa shape index (κ2) is 6.90. The summed E-state index contributed by atoms with van der Waals surface area (Å²) in [6.45, 7) is 3.04. The number of nitrogens with zero attached hydrogens (tertiary/aromatic N) is 3. The molecule has 1 saturated heterocycles. The number of benzene rings is 1. The van der Waals surface area contributed by atoms with Crippen molar-refractivity contribution >= 4 is 11.8 Å². The van der Waals surface area contributed by atoms with Crippen LogP contribution in [0.5, 0.6) is 0 Å². The number of hydrogen-bond acceptors (Lipinski definition) is 3. The number of hydrazine groups is 1. The van der Waals surface area contributed by atoms with Crippen LogP contribution in [0.1, 0.15) is 40.2 Å². The minimum absolute atomic E-state index is 0.0429. The van der Waals surface area contributed by atoms with Crippen molar-refractivity contribution in [2.75, 3.05) is 13.1 Å². The SMILES string of the molecule is Cc1cccc(C(=O)N2CCCN2C(=O)CC2Cc3ccccc3C2)n1. The largest absolute Gasteiger partial charge is 0.291 e. The zero-order valence-electron chi connectivity index (χ0n) is 15.0. The van der Waals surface area contributed by atoms with Crippen molar-refractivity contribution in [2.45, 2.75) is 32.6 Å². The van der Waals surface area contributed by atoms with Crippen LogP contribution in [0.25, 0.3) is 0 Å². The van der Waals surface area contributed by atoms with Gasteiger partial charge in [0.1, 0.15) is 5.69 Å². The Morgan fingerprint density at radius 1 is 1.00 bits per heavy atom. The van der Waals surface area contributed by atoms with Crippen LogP contribution < -0.4 is 0 Å². The normalized spacial score (nSPS) is 16.8. The molecule has 0 N–H and O–H groups in total. The third-order valence-corrected chi connectivity index (χ3v) is 5.26. The molecule has 2 amide bonds. The number of hydrogen-bond donors (Lipinski definition) is 0. The predicted molar refractivity (Wildman–Crippen MR) is 98.3 cm³/mol. The van der Waals surface area contributed by atoms with Gasteiger partial charge in [-0.2, -0.15) is 0 Å². The fraction of sp³-hybridized carbons (Fsp3) is 0.381. The molecule has 134 valence electrons. The first kappa shape index (κ1) is 16.8. The van der Waals surface area contributed by atoms with Gasteiger partial charge in [-0.3, -0.25) is 14.6 Å². The fourth-order valence-corrected chi connectivity index (χ4v) is 4.02. The summed E-state index contributed by atoms with van der Waals surface area (Å²) in [6, 6.07) is 13.8. The molecular weight excluding hydrogens is 326 g/mol. The molecule has 1 aliphatic heterocycles. The molecule has 0 radical (unpaired) electrons. The third kappa shape index (κ3) is 3.21. The number of carbonyl (C=O) groups excluding carboxylic acids is 2. The van der Waals surface area contributed by atoms with Gasteiger partial charge in [-0.15, -0.1) is 0 Å². The van der Waals surface area contributed by atoms with E-state index < -0.39 is 0 Å². The Hall–Kier alpha value is -2.69. The van der Waals surface area contributed by atoms with E-state index in [2.05, 4.69) is 29.2 Å². The summed E-state index contributed by atoms with van der Waals surface area (Å²) in [4.78, 5) is 30.0. The summed E-state index contributed by atoms with van der Waals surface area (Å²) in [7, 11) is 0. The summed E-state index contributed by atoms with van der Waals surface area (Å²) in [5.74, 6) is 0.185. The third-order valence-electron chi connectivity index (χ3n) is 5.26. The van der Waals surface area contributed by atoms with E-state index in [-0.39, 0.29) is 11.8 Å². The zero-order chi connectivity index (χ0) is 18.1. The lowest BCUT2D eigenvalue weighted by Crippen LogP contribution is -2.45. The van der Waals surface area contributed by atoms with Gasteiger partial charge in [0.15, 0.2) is 0 Å². The maximum Gasteiger partial charge on any atom is 0.291 e. The van der Waals surface area contributed by atoms with Crippen molar-refractivity contribution in [1.82, 2.24) is 15.0 Å². The van der Waals surface area contributed by atoms with Crippen molar-refractivity contribution in [1.29, 1.82) is 0 Å². The quantitative estimate of drug-likeness (QED) is 0.856. The molecule has 1 aromatic heterocycles. The molecule has 2 aromatic rings. The lowest BCUT2D eigenvalue weighted by atomic mass is 10.0. The molecule has 1 aliphatic carbocycles. The Kier molecular flexibility index (Phi) is 4.45. The van der Waals surface area contributed by atoms with E-state index in [1.807, 2.05) is 19.1 Å². The van der Waals surface area contributed by atoms with E-state index in [4.69, 9.17) is 0 Å². The minimum Gasteiger partial charge on any atom is -0.273 e. The Bertz CT molecular complexity index is 824. The molecule has 4 rings (SSSR count). The molecule has 0 saturated carbocycles. The Morgan fingerprint density at radius 3 is 2.38 bits per heavy atom. The number of aromatic nitrogens is 1. The maximum atomic E-state index is 12.9. The zero-order valence-corrected chi connectivity index (χ0v) is 15.0. The molecule has 0 bridgehead atoms. The van der Waals surface area contributed by atoms with Gasteiger partial charge in [0.2, 0.25) is 5.91 Å². The van der Waals surface area contributed by atoms with E-state index in [0.29, 0.717) is 31.1 Å². The molecule has 0 spiro atoms. The predicted octanol–water partition coefficient (Wildman–Crippen LogP) is 2.78. The molecule has 1 fully saturated rings. The molecule has 0 atom stereocenters. The average Bonchev–Trinajstić information content (AvgIpc) is 3.27. The molecule has 2 aliphatic rings. The minimum atomic E-state index is -0.186. The Balaban J connectivity index is 1.43. The highest BCUT2D eigenvalue weighted by atomic mass is 16.2. The van der Waals surface area contributed by atoms with Crippen molar-refractivity contribution in [3.63, 3.8) is 0 Å². The molecule has 0 unspecified atom stereocenters. The second-order valence-corrected chi connectivity index (χ2v) is 7.21. The Labute approximate surface area is 153 Å². The molecule has 2 heterocycles. The van der Waals surface area contributed by atoms with Gasteiger partial charge in [0.25, 0.3) is 5.91 Å². The fourth-order valence-electron chi connectivity index (χ4n) is 4.02. The first-order valence-corrected chi connectivity index (χ1v) is 9.24. The van der Waals surface area contributed by atoms with Crippen LogP contribution in [0.2, 0.25) is 0 Å². The van der Waals surface area contributed by atoms with E-state index in [0.717, 1.165) is 25.0 Å². The Morgan fingerprint density at radius 2 is 1.69 bits per heavy atom. The average molecular weight is 349 g/mol. The van der Waals surface area contributed by atoms with E-state index in [9.17, 15) is 9.59 Å². The standard InChI is InChI=1S/C21H23N3O2/c1-15-6-4-9-19(22-15)21(26)24-11-5-10-23(24)20(25)14-16-12-17-7-2-3-8-18(17)13-16/h2-4,6-9,16H,5,10-14H2,1H3. The van der Waals surface area contributed by atoms with Crippen LogP contribution in [0.4, 0.5) is 0 Å². The van der Waals surface area contributed by atoms with Crippen molar-refractivity contribution in [2.24, 2.45) is 5.92 Å². The van der Waals surface area contributed by atoms with Crippen LogP contribution >= 0.6 is 0 Å². The highest BCUT2D eigenvalue weighted by molar-refractivity contribution is 5.94. The van der Waals surface area contributed by atoms with Crippen LogP contribution in [-0.2, 0) is 17.6 Å². The van der Waals surface area contributed by atoms with Gasteiger partial charge in [0, 0.05) is 25.2 Å². The van der Waals surface area contributed by atoms with E-state index in [1.165, 1.54) is 11.1 Å². The van der Waals surface area contributed by atoms with Crippen LogP contribution in [0.3, 0.4) is 0 Å². The van der Waals surface area contributed by atoms with Crippen LogP contribution in [0.15, 0.2) is 42.5 Å². The number of pyridine rings is 1. The smallest absolute Gasteiger partial charge is 0.273 e. The lowest BCUT2D eigenvalue weighted by Gasteiger charge is -2.28. The van der Waals surface area contributed by atoms with Gasteiger partial charge in [-0.1, -0.05) is 30.3 Å². The van der Waals surface area contributed by atoms with Gasteiger partial charge < -0.3 is 0 Å². The molecule has 5 nitrogen and oxygen atoms in total. The summed E-state index contributed by atoms with van der Waals surface area (Å²) >= 11 is 0. The van der Waals surface area contributed by atoms with Crippen molar-refractivity contribution in [3.8, 4) is 0 Å². The summed E-state index contributed by atoms with van der Waals surface area (Å²) in [6.07, 6.45) is 3.19. The number of aryl methyl sites for hydroxylation is 1. The molecule has 5 heteroatoms. The molecule has 26 heavy (non-hydrogen) atoms. The number of rotatable bonds is 3. The topological polar surface area (TPSA) is 53.5 Å². The van der Waals surface area contributed by atoms with Crippen LogP contribution in [-0.4, -0.2) is 39.9 Å². The first-order chi connectivity index (χ1) is 12.6. The second-order valence-electron chi connectivity index (χ2n) is 7.21. The first-order valence-electron chi connectivity index (χ1n) is 9.24. The lowest BCUT2D eigenvalue weighted by molar-refractivity contribution is -0.141. The van der Waals surface area contributed by atoms with Crippen molar-refractivity contribution in [3.05, 3.63) is 65.0 Å². The highest BCUT2D eigenvalue weighted by Crippen LogP contribution is 2.29. The monoisotopic (exact) mass is 349 g/mol. The van der Waals surface area contributed by atoms with Crippen molar-refractivity contribution < 1.29 is 9.59 Å². The number of amides is 2. The molecule has 1 aromatic carbocycles. The van der Waals surface area contributed by atoms with E-state index >= 15 is 0 Å². The number of fused-ring (bicyclic) bond motifs is 1. The highest BCUT2D eigenvalue weighted by Gasteiger charge is 2.34. The molecular formula is C21H23N3O2. The van der Waals surface area contributed by atoms with Gasteiger partial charge in [-0.05, 0) is 55.4 Å². The summed E-state index contributed by atoms with van der Waals surface area (Å²) < 4.78 is 0. The number of carbonyl (C=O) groups is 2. The van der Waals surface area contributed by atoms with Gasteiger partial charge in [-0.25, -0.2) is 9.99 Å². The maximum absolute atomic E-state index is 12.9. The summed E-state index contributed by atoms with van der Waals surface area (Å²) in [5, 5.41) is 3.21.